The highest BCUT2D eigenvalue weighted by Crippen LogP contribution is 2.30. The summed E-state index contributed by atoms with van der Waals surface area (Å²) in [6.45, 7) is 1.81. The molecule has 0 atom stereocenters. The summed E-state index contributed by atoms with van der Waals surface area (Å²) in [6, 6.07) is 20.4. The van der Waals surface area contributed by atoms with Crippen LogP contribution >= 0.6 is 0 Å². The van der Waals surface area contributed by atoms with Gasteiger partial charge in [0.2, 0.25) is 0 Å². The van der Waals surface area contributed by atoms with Crippen LogP contribution in [0.4, 0.5) is 5.69 Å². The Labute approximate surface area is 205 Å². The molecule has 0 aliphatic rings. The zero-order valence-electron chi connectivity index (χ0n) is 19.6. The van der Waals surface area contributed by atoms with Crippen molar-refractivity contribution in [3.05, 3.63) is 88.9 Å². The number of hydrogen-bond donors (Lipinski definition) is 1. The van der Waals surface area contributed by atoms with E-state index in [0.717, 1.165) is 22.4 Å². The SMILES string of the molecule is CCOC(=O)c1cc2cc(-n3cc(-c4ccc(-c5ccc(N)cc5)cc4)nn3)c(OC)cc2oc1=O. The zero-order valence-corrected chi connectivity index (χ0v) is 19.6. The largest absolute Gasteiger partial charge is 0.494 e. The Morgan fingerprint density at radius 1 is 1.00 bits per heavy atom. The van der Waals surface area contributed by atoms with Crippen LogP contribution in [0, 0.1) is 0 Å². The lowest BCUT2D eigenvalue weighted by molar-refractivity contribution is 0.0522. The van der Waals surface area contributed by atoms with E-state index in [2.05, 4.69) is 10.3 Å². The number of ether oxygens (including phenoxy) is 2. The highest BCUT2D eigenvalue weighted by molar-refractivity contribution is 5.93. The maximum absolute atomic E-state index is 12.3. The monoisotopic (exact) mass is 482 g/mol. The van der Waals surface area contributed by atoms with E-state index < -0.39 is 11.6 Å². The van der Waals surface area contributed by atoms with Crippen LogP contribution in [0.3, 0.4) is 0 Å². The van der Waals surface area contributed by atoms with Gasteiger partial charge < -0.3 is 19.6 Å². The Balaban J connectivity index is 1.50. The van der Waals surface area contributed by atoms with Gasteiger partial charge in [-0.05, 0) is 42.3 Å². The molecule has 9 heteroatoms. The summed E-state index contributed by atoms with van der Waals surface area (Å²) in [7, 11) is 1.50. The predicted molar refractivity (Wildman–Crippen MR) is 135 cm³/mol. The third-order valence-electron chi connectivity index (χ3n) is 5.69. The highest BCUT2D eigenvalue weighted by atomic mass is 16.5. The van der Waals surface area contributed by atoms with E-state index in [-0.39, 0.29) is 17.8 Å². The van der Waals surface area contributed by atoms with Crippen molar-refractivity contribution in [2.75, 3.05) is 19.5 Å². The molecule has 3 aromatic carbocycles. The van der Waals surface area contributed by atoms with E-state index in [1.807, 2.05) is 48.5 Å². The Morgan fingerprint density at radius 3 is 2.33 bits per heavy atom. The molecule has 2 aromatic heterocycles. The Kier molecular flexibility index (Phi) is 5.95. The van der Waals surface area contributed by atoms with E-state index in [9.17, 15) is 9.59 Å². The number of fused-ring (bicyclic) bond motifs is 1. The predicted octanol–water partition coefficient (Wildman–Crippen LogP) is 4.48. The average Bonchev–Trinajstić information content (AvgIpc) is 3.38. The minimum absolute atomic E-state index is 0.146. The van der Waals surface area contributed by atoms with Crippen LogP contribution in [0.2, 0.25) is 0 Å². The van der Waals surface area contributed by atoms with Gasteiger partial charge in [0, 0.05) is 22.7 Å². The van der Waals surface area contributed by atoms with Crippen molar-refractivity contribution < 1.29 is 18.7 Å². The molecule has 5 aromatic rings. The molecule has 0 bridgehead atoms. The molecule has 0 fully saturated rings. The Bertz CT molecular complexity index is 1620. The molecule has 2 heterocycles. The molecule has 0 unspecified atom stereocenters. The van der Waals surface area contributed by atoms with E-state index in [1.165, 1.54) is 13.2 Å². The van der Waals surface area contributed by atoms with Crippen molar-refractivity contribution >= 4 is 22.6 Å². The number of hydrogen-bond acceptors (Lipinski definition) is 8. The fraction of sp³-hybridized carbons (Fsp3) is 0.111. The molecule has 0 aliphatic heterocycles. The molecule has 9 nitrogen and oxygen atoms in total. The number of carbonyl (C=O) groups is 1. The minimum Gasteiger partial charge on any atom is -0.494 e. The van der Waals surface area contributed by atoms with Gasteiger partial charge in [0.05, 0.1) is 19.9 Å². The minimum atomic E-state index is -0.777. The standard InChI is InChI=1S/C27H22N4O5/c1-3-35-26(32)21-12-19-13-23(25(34-2)14-24(19)36-27(21)33)31-15-22(29-30-31)18-6-4-16(5-7-18)17-8-10-20(28)11-9-17/h4-15H,3,28H2,1-2H3. The Hall–Kier alpha value is -4.92. The van der Waals surface area contributed by atoms with Crippen molar-refractivity contribution in [2.45, 2.75) is 6.92 Å². The fourth-order valence-electron chi connectivity index (χ4n) is 3.85. The number of carbonyl (C=O) groups excluding carboxylic acids is 1. The molecule has 0 aliphatic carbocycles. The number of nitrogen functional groups attached to an aromatic ring is 1. The quantitative estimate of drug-likeness (QED) is 0.214. The Morgan fingerprint density at radius 2 is 1.67 bits per heavy atom. The normalized spacial score (nSPS) is 10.9. The van der Waals surface area contributed by atoms with Gasteiger partial charge in [-0.1, -0.05) is 41.6 Å². The zero-order chi connectivity index (χ0) is 25.2. The highest BCUT2D eigenvalue weighted by Gasteiger charge is 2.18. The lowest BCUT2D eigenvalue weighted by atomic mass is 10.0. The molecule has 0 spiro atoms. The van der Waals surface area contributed by atoms with Crippen molar-refractivity contribution in [2.24, 2.45) is 0 Å². The molecule has 180 valence electrons. The topological polar surface area (TPSA) is 122 Å². The first-order chi connectivity index (χ1) is 17.5. The number of benzene rings is 3. The second kappa shape index (κ2) is 9.38. The summed E-state index contributed by atoms with van der Waals surface area (Å²) >= 11 is 0. The second-order valence-electron chi connectivity index (χ2n) is 7.98. The molecule has 2 N–H and O–H groups in total. The molecule has 0 saturated carbocycles. The second-order valence-corrected chi connectivity index (χ2v) is 7.98. The lowest BCUT2D eigenvalue weighted by Gasteiger charge is -2.10. The maximum atomic E-state index is 12.3. The van der Waals surface area contributed by atoms with Crippen molar-refractivity contribution in [1.29, 1.82) is 0 Å². The third kappa shape index (κ3) is 4.29. The van der Waals surface area contributed by atoms with Crippen molar-refractivity contribution in [1.82, 2.24) is 15.0 Å². The van der Waals surface area contributed by atoms with Crippen LogP contribution in [0.25, 0.3) is 39.0 Å². The number of nitrogens with two attached hydrogens (primary N) is 1. The first-order valence-corrected chi connectivity index (χ1v) is 11.2. The molecule has 0 radical (unpaired) electrons. The van der Waals surface area contributed by atoms with Gasteiger partial charge in [-0.25, -0.2) is 14.3 Å². The first kappa shape index (κ1) is 22.9. The number of nitrogens with zero attached hydrogens (tertiary/aromatic N) is 3. The number of aromatic nitrogens is 3. The maximum Gasteiger partial charge on any atom is 0.351 e. The van der Waals surface area contributed by atoms with Crippen molar-refractivity contribution in [3.8, 4) is 33.8 Å². The third-order valence-corrected chi connectivity index (χ3v) is 5.69. The number of methoxy groups -OCH3 is 1. The van der Waals surface area contributed by atoms with Gasteiger partial charge in [-0.2, -0.15) is 0 Å². The fourth-order valence-corrected chi connectivity index (χ4v) is 3.85. The van der Waals surface area contributed by atoms with Gasteiger partial charge >= 0.3 is 11.6 Å². The van der Waals surface area contributed by atoms with Crippen LogP contribution < -0.4 is 16.1 Å². The number of anilines is 1. The van der Waals surface area contributed by atoms with Gasteiger partial charge in [0.15, 0.2) is 0 Å². The summed E-state index contributed by atoms with van der Waals surface area (Å²) in [6.07, 6.45) is 1.77. The van der Waals surface area contributed by atoms with Crippen molar-refractivity contribution in [3.63, 3.8) is 0 Å². The molecular weight excluding hydrogens is 460 g/mol. The number of esters is 1. The molecule has 0 saturated heterocycles. The van der Waals surface area contributed by atoms with E-state index in [1.54, 1.807) is 29.9 Å². The summed E-state index contributed by atoms with van der Waals surface area (Å²) in [5.74, 6) is -0.319. The first-order valence-electron chi connectivity index (χ1n) is 11.2. The summed E-state index contributed by atoms with van der Waals surface area (Å²) in [4.78, 5) is 24.4. The van der Waals surface area contributed by atoms with E-state index >= 15 is 0 Å². The molecule has 5 rings (SSSR count). The summed E-state index contributed by atoms with van der Waals surface area (Å²) in [5, 5.41) is 9.08. The van der Waals surface area contributed by atoms with E-state index in [0.29, 0.717) is 22.5 Å². The van der Waals surface area contributed by atoms with Crippen LogP contribution in [-0.2, 0) is 4.74 Å². The average molecular weight is 482 g/mol. The van der Waals surface area contributed by atoms with Crippen LogP contribution in [0.1, 0.15) is 17.3 Å². The van der Waals surface area contributed by atoms with Crippen LogP contribution in [-0.4, -0.2) is 34.7 Å². The molecule has 0 amide bonds. The van der Waals surface area contributed by atoms with Gasteiger partial charge in [0.1, 0.15) is 28.3 Å². The van der Waals surface area contributed by atoms with Crippen LogP contribution in [0.15, 0.2) is 82.1 Å². The number of rotatable bonds is 6. The van der Waals surface area contributed by atoms with E-state index in [4.69, 9.17) is 19.6 Å². The smallest absolute Gasteiger partial charge is 0.351 e. The molecular formula is C27H22N4O5. The summed E-state index contributed by atoms with van der Waals surface area (Å²) in [5.41, 5.74) is 10.0. The lowest BCUT2D eigenvalue weighted by Crippen LogP contribution is -2.16. The van der Waals surface area contributed by atoms with Gasteiger partial charge in [0.25, 0.3) is 0 Å². The summed E-state index contributed by atoms with van der Waals surface area (Å²) < 4.78 is 17.4. The van der Waals surface area contributed by atoms with Gasteiger partial charge in [-0.3, -0.25) is 0 Å². The van der Waals surface area contributed by atoms with Gasteiger partial charge in [-0.15, -0.1) is 5.10 Å². The van der Waals surface area contributed by atoms with Crippen LogP contribution in [0.5, 0.6) is 5.75 Å². The molecule has 36 heavy (non-hydrogen) atoms.